The van der Waals surface area contributed by atoms with E-state index in [2.05, 4.69) is 67.5 Å². The highest BCUT2D eigenvalue weighted by molar-refractivity contribution is 5.24. The van der Waals surface area contributed by atoms with E-state index in [-0.39, 0.29) is 5.41 Å². The van der Waals surface area contributed by atoms with Crippen LogP contribution in [0.3, 0.4) is 0 Å². The predicted molar refractivity (Wildman–Crippen MR) is 80.1 cm³/mol. The zero-order chi connectivity index (χ0) is 13.7. The molecule has 2 aromatic rings. The molecule has 0 radical (unpaired) electrons. The summed E-state index contributed by atoms with van der Waals surface area (Å²) in [7, 11) is 0. The molecule has 1 aromatic carbocycles. The lowest BCUT2D eigenvalue weighted by atomic mass is 9.84. The lowest BCUT2D eigenvalue weighted by Crippen LogP contribution is -2.34. The number of nitrogens with one attached hydrogen (secondary N) is 1. The standard InChI is InChI=1S/C17H22N2/c1-14(15-8-7-11-18-12-15)19-13-17(2,3)16-9-5-4-6-10-16/h4-12,14,19H,13H2,1-3H3. The molecule has 19 heavy (non-hydrogen) atoms. The van der Waals surface area contributed by atoms with Crippen molar-refractivity contribution in [3.63, 3.8) is 0 Å². The maximum absolute atomic E-state index is 4.17. The molecule has 2 heteroatoms. The number of aromatic nitrogens is 1. The second kappa shape index (κ2) is 5.98. The molecule has 0 saturated heterocycles. The van der Waals surface area contributed by atoms with Gasteiger partial charge in [-0.3, -0.25) is 4.98 Å². The van der Waals surface area contributed by atoms with Gasteiger partial charge in [0.15, 0.2) is 0 Å². The number of pyridine rings is 1. The van der Waals surface area contributed by atoms with Gasteiger partial charge in [-0.05, 0) is 24.1 Å². The van der Waals surface area contributed by atoms with Gasteiger partial charge in [0, 0.05) is 30.4 Å². The smallest absolute Gasteiger partial charge is 0.0315 e. The lowest BCUT2D eigenvalue weighted by molar-refractivity contribution is 0.435. The number of nitrogens with zero attached hydrogens (tertiary/aromatic N) is 1. The Bertz CT molecular complexity index is 491. The third-order valence-corrected chi connectivity index (χ3v) is 3.59. The average Bonchev–Trinajstić information content (AvgIpc) is 2.47. The molecule has 0 aliphatic carbocycles. The third-order valence-electron chi connectivity index (χ3n) is 3.59. The molecule has 1 N–H and O–H groups in total. The molecule has 1 atom stereocenters. The van der Waals surface area contributed by atoms with Crippen molar-refractivity contribution in [2.75, 3.05) is 6.54 Å². The van der Waals surface area contributed by atoms with Crippen molar-refractivity contribution in [1.29, 1.82) is 0 Å². The lowest BCUT2D eigenvalue weighted by Gasteiger charge is -2.28. The highest BCUT2D eigenvalue weighted by Crippen LogP contribution is 2.23. The number of benzene rings is 1. The van der Waals surface area contributed by atoms with Gasteiger partial charge in [-0.25, -0.2) is 0 Å². The maximum Gasteiger partial charge on any atom is 0.0315 e. The zero-order valence-electron chi connectivity index (χ0n) is 11.9. The summed E-state index contributed by atoms with van der Waals surface area (Å²) in [4.78, 5) is 4.17. The van der Waals surface area contributed by atoms with Gasteiger partial charge < -0.3 is 5.32 Å². The molecule has 1 aromatic heterocycles. The Balaban J connectivity index is 1.99. The first kappa shape index (κ1) is 13.8. The highest BCUT2D eigenvalue weighted by atomic mass is 14.9. The first-order valence-corrected chi connectivity index (χ1v) is 6.78. The van der Waals surface area contributed by atoms with E-state index in [4.69, 9.17) is 0 Å². The summed E-state index contributed by atoms with van der Waals surface area (Å²) in [6, 6.07) is 15.0. The molecule has 0 aliphatic rings. The van der Waals surface area contributed by atoms with E-state index in [0.29, 0.717) is 6.04 Å². The minimum Gasteiger partial charge on any atom is -0.309 e. The van der Waals surface area contributed by atoms with Crippen LogP contribution in [-0.4, -0.2) is 11.5 Å². The van der Waals surface area contributed by atoms with Gasteiger partial charge in [0.05, 0.1) is 0 Å². The summed E-state index contributed by atoms with van der Waals surface area (Å²) in [5.41, 5.74) is 2.71. The van der Waals surface area contributed by atoms with Crippen LogP contribution >= 0.6 is 0 Å². The van der Waals surface area contributed by atoms with Gasteiger partial charge in [0.1, 0.15) is 0 Å². The Labute approximate surface area is 115 Å². The second-order valence-electron chi connectivity index (χ2n) is 5.64. The van der Waals surface area contributed by atoms with Crippen LogP contribution in [0.15, 0.2) is 54.9 Å². The van der Waals surface area contributed by atoms with Crippen LogP contribution in [0.4, 0.5) is 0 Å². The van der Waals surface area contributed by atoms with E-state index < -0.39 is 0 Å². The fourth-order valence-corrected chi connectivity index (χ4v) is 2.15. The third kappa shape index (κ3) is 3.65. The molecule has 0 saturated carbocycles. The van der Waals surface area contributed by atoms with Gasteiger partial charge in [0.25, 0.3) is 0 Å². The predicted octanol–water partition coefficient (Wildman–Crippen LogP) is 3.71. The summed E-state index contributed by atoms with van der Waals surface area (Å²) in [5.74, 6) is 0. The molecule has 0 spiro atoms. The molecule has 1 heterocycles. The topological polar surface area (TPSA) is 24.9 Å². The normalized spacial score (nSPS) is 13.2. The SMILES string of the molecule is CC(NCC(C)(C)c1ccccc1)c1cccnc1. The van der Waals surface area contributed by atoms with Crippen molar-refractivity contribution in [3.05, 3.63) is 66.0 Å². The van der Waals surface area contributed by atoms with E-state index in [9.17, 15) is 0 Å². The summed E-state index contributed by atoms with van der Waals surface area (Å²) in [6.45, 7) is 7.65. The van der Waals surface area contributed by atoms with Crippen molar-refractivity contribution in [2.24, 2.45) is 0 Å². The van der Waals surface area contributed by atoms with E-state index in [1.807, 2.05) is 18.5 Å². The molecule has 0 bridgehead atoms. The van der Waals surface area contributed by atoms with E-state index in [1.54, 1.807) is 0 Å². The van der Waals surface area contributed by atoms with E-state index in [0.717, 1.165) is 6.54 Å². The van der Waals surface area contributed by atoms with E-state index >= 15 is 0 Å². The number of rotatable bonds is 5. The molecular formula is C17H22N2. The Kier molecular flexibility index (Phi) is 4.33. The summed E-state index contributed by atoms with van der Waals surface area (Å²) < 4.78 is 0. The van der Waals surface area contributed by atoms with Gasteiger partial charge in [-0.1, -0.05) is 50.2 Å². The monoisotopic (exact) mass is 254 g/mol. The first-order chi connectivity index (χ1) is 9.09. The fraction of sp³-hybridized carbons (Fsp3) is 0.353. The molecule has 2 nitrogen and oxygen atoms in total. The Hall–Kier alpha value is -1.67. The molecule has 0 fully saturated rings. The summed E-state index contributed by atoms with van der Waals surface area (Å²) in [6.07, 6.45) is 3.73. The second-order valence-corrected chi connectivity index (χ2v) is 5.64. The van der Waals surface area contributed by atoms with Crippen molar-refractivity contribution in [1.82, 2.24) is 10.3 Å². The van der Waals surface area contributed by atoms with Crippen LogP contribution in [0.1, 0.15) is 37.9 Å². The molecule has 1 unspecified atom stereocenters. The minimum atomic E-state index is 0.123. The van der Waals surface area contributed by atoms with Crippen LogP contribution in [-0.2, 0) is 5.41 Å². The molecule has 0 aliphatic heterocycles. The number of hydrogen-bond acceptors (Lipinski definition) is 2. The fourth-order valence-electron chi connectivity index (χ4n) is 2.15. The summed E-state index contributed by atoms with van der Waals surface area (Å²) in [5, 5.41) is 3.60. The zero-order valence-corrected chi connectivity index (χ0v) is 11.9. The van der Waals surface area contributed by atoms with Gasteiger partial charge in [-0.2, -0.15) is 0 Å². The molecular weight excluding hydrogens is 232 g/mol. The van der Waals surface area contributed by atoms with Gasteiger partial charge in [0.2, 0.25) is 0 Å². The molecule has 2 rings (SSSR count). The van der Waals surface area contributed by atoms with E-state index in [1.165, 1.54) is 11.1 Å². The quantitative estimate of drug-likeness (QED) is 0.880. The maximum atomic E-state index is 4.17. The van der Waals surface area contributed by atoms with Crippen molar-refractivity contribution in [3.8, 4) is 0 Å². The van der Waals surface area contributed by atoms with Crippen LogP contribution in [0.2, 0.25) is 0 Å². The highest BCUT2D eigenvalue weighted by Gasteiger charge is 2.20. The van der Waals surface area contributed by atoms with Crippen LogP contribution in [0.25, 0.3) is 0 Å². The number of hydrogen-bond donors (Lipinski definition) is 1. The summed E-state index contributed by atoms with van der Waals surface area (Å²) >= 11 is 0. The largest absolute Gasteiger partial charge is 0.309 e. The van der Waals surface area contributed by atoms with Crippen molar-refractivity contribution in [2.45, 2.75) is 32.2 Å². The van der Waals surface area contributed by atoms with Crippen LogP contribution < -0.4 is 5.32 Å². The van der Waals surface area contributed by atoms with Gasteiger partial charge >= 0.3 is 0 Å². The van der Waals surface area contributed by atoms with Crippen molar-refractivity contribution < 1.29 is 0 Å². The Morgan fingerprint density at radius 2 is 1.84 bits per heavy atom. The molecule has 100 valence electrons. The van der Waals surface area contributed by atoms with Crippen LogP contribution in [0.5, 0.6) is 0 Å². The Morgan fingerprint density at radius 3 is 2.47 bits per heavy atom. The Morgan fingerprint density at radius 1 is 1.11 bits per heavy atom. The average molecular weight is 254 g/mol. The van der Waals surface area contributed by atoms with Crippen molar-refractivity contribution >= 4 is 0 Å². The van der Waals surface area contributed by atoms with Gasteiger partial charge in [-0.15, -0.1) is 0 Å². The minimum absolute atomic E-state index is 0.123. The first-order valence-electron chi connectivity index (χ1n) is 6.78. The molecule has 0 amide bonds. The van der Waals surface area contributed by atoms with Crippen LogP contribution in [0, 0.1) is 0 Å².